The molecule has 1 aliphatic heterocycles. The van der Waals surface area contributed by atoms with Crippen molar-refractivity contribution in [3.05, 3.63) is 77.2 Å². The van der Waals surface area contributed by atoms with E-state index in [0.29, 0.717) is 12.0 Å². The summed E-state index contributed by atoms with van der Waals surface area (Å²) in [6.45, 7) is 0.908. The van der Waals surface area contributed by atoms with Gasteiger partial charge in [-0.15, -0.1) is 0 Å². The summed E-state index contributed by atoms with van der Waals surface area (Å²) in [4.78, 5) is 23.5. The van der Waals surface area contributed by atoms with Gasteiger partial charge in [-0.05, 0) is 41.8 Å². The largest absolute Gasteiger partial charge is 0.497 e. The summed E-state index contributed by atoms with van der Waals surface area (Å²) >= 11 is 0. The molecule has 3 aromatic rings. The highest BCUT2D eigenvalue weighted by molar-refractivity contribution is 5.98. The van der Waals surface area contributed by atoms with Crippen LogP contribution >= 0.6 is 0 Å². The Hall–Kier alpha value is -3.45. The van der Waals surface area contributed by atoms with E-state index in [1.54, 1.807) is 13.4 Å². The SMILES string of the molecule is COc1cccc(Cc2cc(N3CCc4c(C(=O)NCCO)cccc43)ncn2)c1. The molecule has 154 valence electrons. The van der Waals surface area contributed by atoms with Gasteiger partial charge in [0.15, 0.2) is 0 Å². The fraction of sp³-hybridized carbons (Fsp3) is 0.261. The van der Waals surface area contributed by atoms with Crippen molar-refractivity contribution in [3.63, 3.8) is 0 Å². The van der Waals surface area contributed by atoms with Gasteiger partial charge in [-0.25, -0.2) is 9.97 Å². The van der Waals surface area contributed by atoms with Crippen LogP contribution in [-0.4, -0.2) is 47.8 Å². The Morgan fingerprint density at radius 1 is 1.20 bits per heavy atom. The number of ether oxygens (including phenoxy) is 1. The molecule has 2 aromatic carbocycles. The first-order chi connectivity index (χ1) is 14.7. The molecule has 0 saturated heterocycles. The molecule has 7 heteroatoms. The molecule has 0 spiro atoms. The van der Waals surface area contributed by atoms with E-state index in [2.05, 4.69) is 20.2 Å². The third-order valence-electron chi connectivity index (χ3n) is 5.17. The lowest BCUT2D eigenvalue weighted by Crippen LogP contribution is -2.27. The predicted molar refractivity (Wildman–Crippen MR) is 114 cm³/mol. The van der Waals surface area contributed by atoms with Crippen molar-refractivity contribution < 1.29 is 14.6 Å². The molecular weight excluding hydrogens is 380 g/mol. The quantitative estimate of drug-likeness (QED) is 0.629. The number of aromatic nitrogens is 2. The summed E-state index contributed by atoms with van der Waals surface area (Å²) in [7, 11) is 1.66. The second-order valence-electron chi connectivity index (χ2n) is 7.08. The molecular formula is C23H24N4O3. The van der Waals surface area contributed by atoms with Gasteiger partial charge in [-0.3, -0.25) is 4.79 Å². The van der Waals surface area contributed by atoms with Gasteiger partial charge in [0.1, 0.15) is 17.9 Å². The van der Waals surface area contributed by atoms with Crippen molar-refractivity contribution in [2.24, 2.45) is 0 Å². The summed E-state index contributed by atoms with van der Waals surface area (Å²) in [5.74, 6) is 1.47. The van der Waals surface area contributed by atoms with Crippen molar-refractivity contribution in [2.75, 3.05) is 31.7 Å². The molecule has 30 heavy (non-hydrogen) atoms. The van der Waals surface area contributed by atoms with Gasteiger partial charge in [0.25, 0.3) is 5.91 Å². The average Bonchev–Trinajstić information content (AvgIpc) is 3.22. The van der Waals surface area contributed by atoms with Crippen molar-refractivity contribution >= 4 is 17.4 Å². The zero-order valence-electron chi connectivity index (χ0n) is 16.8. The van der Waals surface area contributed by atoms with Crippen molar-refractivity contribution in [3.8, 4) is 5.75 Å². The number of hydrogen-bond donors (Lipinski definition) is 2. The minimum absolute atomic E-state index is 0.0795. The van der Waals surface area contributed by atoms with Gasteiger partial charge in [0, 0.05) is 36.8 Å². The fourth-order valence-electron chi connectivity index (χ4n) is 3.77. The fourth-order valence-corrected chi connectivity index (χ4v) is 3.77. The summed E-state index contributed by atoms with van der Waals surface area (Å²) in [5, 5.41) is 11.7. The third kappa shape index (κ3) is 4.11. The maximum atomic E-state index is 12.4. The molecule has 0 fully saturated rings. The molecule has 0 radical (unpaired) electrons. The number of amides is 1. The first-order valence-electron chi connectivity index (χ1n) is 9.92. The van der Waals surface area contributed by atoms with Crippen LogP contribution in [0.1, 0.15) is 27.2 Å². The van der Waals surface area contributed by atoms with Crippen LogP contribution in [-0.2, 0) is 12.8 Å². The van der Waals surface area contributed by atoms with Crippen LogP contribution in [0.25, 0.3) is 0 Å². The van der Waals surface area contributed by atoms with Crippen molar-refractivity contribution in [2.45, 2.75) is 12.8 Å². The lowest BCUT2D eigenvalue weighted by atomic mass is 10.0. The highest BCUT2D eigenvalue weighted by atomic mass is 16.5. The number of methoxy groups -OCH3 is 1. The monoisotopic (exact) mass is 404 g/mol. The van der Waals surface area contributed by atoms with Gasteiger partial charge in [-0.2, -0.15) is 0 Å². The Morgan fingerprint density at radius 2 is 2.07 bits per heavy atom. The summed E-state index contributed by atoms with van der Waals surface area (Å²) in [6.07, 6.45) is 3.02. The van der Waals surface area contributed by atoms with E-state index in [1.807, 2.05) is 48.5 Å². The zero-order valence-corrected chi connectivity index (χ0v) is 16.8. The molecule has 4 rings (SSSR count). The van der Waals surface area contributed by atoms with E-state index in [1.165, 1.54) is 0 Å². The van der Waals surface area contributed by atoms with E-state index in [0.717, 1.165) is 47.0 Å². The van der Waals surface area contributed by atoms with Gasteiger partial charge < -0.3 is 20.1 Å². The van der Waals surface area contributed by atoms with E-state index < -0.39 is 0 Å². The molecule has 2 heterocycles. The lowest BCUT2D eigenvalue weighted by molar-refractivity contribution is 0.0944. The number of nitrogens with one attached hydrogen (secondary N) is 1. The first kappa shape index (κ1) is 19.8. The number of carbonyl (C=O) groups is 1. The van der Waals surface area contributed by atoms with E-state index in [9.17, 15) is 4.79 Å². The molecule has 0 atom stereocenters. The number of anilines is 2. The Labute approximate surface area is 175 Å². The number of carbonyl (C=O) groups excluding carboxylic acids is 1. The molecule has 1 aromatic heterocycles. The highest BCUT2D eigenvalue weighted by Gasteiger charge is 2.26. The van der Waals surface area contributed by atoms with E-state index in [4.69, 9.17) is 9.84 Å². The number of rotatable bonds is 7. The van der Waals surface area contributed by atoms with E-state index in [-0.39, 0.29) is 19.1 Å². The Morgan fingerprint density at radius 3 is 2.90 bits per heavy atom. The van der Waals surface area contributed by atoms with Gasteiger partial charge in [0.05, 0.1) is 19.4 Å². The predicted octanol–water partition coefficient (Wildman–Crippen LogP) is 2.49. The second kappa shape index (κ2) is 8.92. The minimum atomic E-state index is -0.163. The molecule has 7 nitrogen and oxygen atoms in total. The van der Waals surface area contributed by atoms with Crippen LogP contribution in [0.2, 0.25) is 0 Å². The Bertz CT molecular complexity index is 1050. The standard InChI is InChI=1S/C23H24N4O3/c1-30-18-5-2-4-16(13-18)12-17-14-22(26-15-25-17)27-10-8-19-20(6-3-7-21(19)27)23(29)24-9-11-28/h2-7,13-15,28H,8-12H2,1H3,(H,24,29). The summed E-state index contributed by atoms with van der Waals surface area (Å²) in [6, 6.07) is 15.6. The zero-order chi connectivity index (χ0) is 20.9. The van der Waals surface area contributed by atoms with Crippen LogP contribution in [0.15, 0.2) is 54.9 Å². The number of hydrogen-bond acceptors (Lipinski definition) is 6. The number of benzene rings is 2. The van der Waals surface area contributed by atoms with Gasteiger partial charge in [0.2, 0.25) is 0 Å². The lowest BCUT2D eigenvalue weighted by Gasteiger charge is -2.19. The average molecular weight is 404 g/mol. The maximum absolute atomic E-state index is 12.4. The number of nitrogens with zero attached hydrogens (tertiary/aromatic N) is 3. The number of aliphatic hydroxyl groups is 1. The van der Waals surface area contributed by atoms with E-state index >= 15 is 0 Å². The van der Waals surface area contributed by atoms with Crippen molar-refractivity contribution in [1.29, 1.82) is 0 Å². The molecule has 0 bridgehead atoms. The summed E-state index contributed by atoms with van der Waals surface area (Å²) in [5.41, 5.74) is 4.66. The smallest absolute Gasteiger partial charge is 0.251 e. The molecule has 1 aliphatic rings. The topological polar surface area (TPSA) is 87.6 Å². The van der Waals surface area contributed by atoms with Gasteiger partial charge in [-0.1, -0.05) is 18.2 Å². The number of aliphatic hydroxyl groups excluding tert-OH is 1. The second-order valence-corrected chi connectivity index (χ2v) is 7.08. The van der Waals surface area contributed by atoms with Crippen molar-refractivity contribution in [1.82, 2.24) is 15.3 Å². The minimum Gasteiger partial charge on any atom is -0.497 e. The van der Waals surface area contributed by atoms with Gasteiger partial charge >= 0.3 is 0 Å². The van der Waals surface area contributed by atoms with Crippen LogP contribution in [0.3, 0.4) is 0 Å². The first-order valence-corrected chi connectivity index (χ1v) is 9.92. The van der Waals surface area contributed by atoms with Crippen LogP contribution in [0.5, 0.6) is 5.75 Å². The summed E-state index contributed by atoms with van der Waals surface area (Å²) < 4.78 is 5.30. The van der Waals surface area contributed by atoms with Crippen LogP contribution in [0, 0.1) is 0 Å². The molecule has 0 aliphatic carbocycles. The molecule has 0 unspecified atom stereocenters. The van der Waals surface area contributed by atoms with Crippen LogP contribution < -0.4 is 15.0 Å². The molecule has 0 saturated carbocycles. The third-order valence-corrected chi connectivity index (χ3v) is 5.17. The molecule has 2 N–H and O–H groups in total. The Kier molecular flexibility index (Phi) is 5.90. The van der Waals surface area contributed by atoms with Crippen LogP contribution in [0.4, 0.5) is 11.5 Å². The highest BCUT2D eigenvalue weighted by Crippen LogP contribution is 2.35. The Balaban J connectivity index is 1.58. The normalized spacial score (nSPS) is 12.5. The maximum Gasteiger partial charge on any atom is 0.251 e. The molecule has 1 amide bonds. The number of fused-ring (bicyclic) bond motifs is 1.